The zero-order valence-electron chi connectivity index (χ0n) is 12.6. The highest BCUT2D eigenvalue weighted by molar-refractivity contribution is 6.33. The van der Waals surface area contributed by atoms with Gasteiger partial charge in [-0.1, -0.05) is 35.9 Å². The van der Waals surface area contributed by atoms with Crippen LogP contribution in [0, 0.1) is 0 Å². The van der Waals surface area contributed by atoms with E-state index in [4.69, 9.17) is 11.6 Å². The molecule has 0 spiro atoms. The highest BCUT2D eigenvalue weighted by atomic mass is 35.5. The Labute approximate surface area is 143 Å². The van der Waals surface area contributed by atoms with E-state index < -0.39 is 0 Å². The number of hydrogen-bond donors (Lipinski definition) is 0. The number of aromatic nitrogens is 3. The van der Waals surface area contributed by atoms with Gasteiger partial charge in [0, 0.05) is 23.5 Å². The standard InChI is InChI=1S/C19H12ClN3O/c20-15-6-2-1-5-14(15)18-22-16-7-3-4-8-17(16)23(18)19(24)13-9-11-21-12-10-13/h1-12H. The van der Waals surface area contributed by atoms with Gasteiger partial charge in [-0.3, -0.25) is 14.3 Å². The summed E-state index contributed by atoms with van der Waals surface area (Å²) < 4.78 is 1.60. The van der Waals surface area contributed by atoms with Crippen molar-refractivity contribution in [3.63, 3.8) is 0 Å². The van der Waals surface area contributed by atoms with Gasteiger partial charge in [0.15, 0.2) is 0 Å². The monoisotopic (exact) mass is 333 g/mol. The summed E-state index contributed by atoms with van der Waals surface area (Å²) in [5.74, 6) is 0.365. The van der Waals surface area contributed by atoms with E-state index >= 15 is 0 Å². The molecule has 0 saturated heterocycles. The second-order valence-corrected chi connectivity index (χ2v) is 5.69. The highest BCUT2D eigenvalue weighted by Crippen LogP contribution is 2.30. The van der Waals surface area contributed by atoms with E-state index in [1.54, 1.807) is 35.2 Å². The average Bonchev–Trinajstić information content (AvgIpc) is 3.01. The largest absolute Gasteiger partial charge is 0.268 e. The molecule has 4 rings (SSSR count). The number of carbonyl (C=O) groups excluding carboxylic acids is 1. The summed E-state index contributed by atoms with van der Waals surface area (Å²) in [5.41, 5.74) is 2.75. The van der Waals surface area contributed by atoms with Crippen LogP contribution in [0.2, 0.25) is 5.02 Å². The summed E-state index contributed by atoms with van der Waals surface area (Å²) in [6.45, 7) is 0. The van der Waals surface area contributed by atoms with Gasteiger partial charge >= 0.3 is 0 Å². The van der Waals surface area contributed by atoms with Crippen LogP contribution in [0.4, 0.5) is 0 Å². The van der Waals surface area contributed by atoms with Gasteiger partial charge in [-0.2, -0.15) is 0 Å². The Hall–Kier alpha value is -2.98. The first kappa shape index (κ1) is 14.6. The van der Waals surface area contributed by atoms with Gasteiger partial charge in [-0.05, 0) is 36.4 Å². The second-order valence-electron chi connectivity index (χ2n) is 5.28. The van der Waals surface area contributed by atoms with E-state index in [0.29, 0.717) is 16.4 Å². The molecule has 2 aromatic heterocycles. The van der Waals surface area contributed by atoms with Crippen LogP contribution in [0.3, 0.4) is 0 Å². The van der Waals surface area contributed by atoms with Gasteiger partial charge in [0.25, 0.3) is 5.91 Å². The maximum Gasteiger partial charge on any atom is 0.264 e. The van der Waals surface area contributed by atoms with Crippen molar-refractivity contribution in [1.29, 1.82) is 0 Å². The minimum Gasteiger partial charge on any atom is -0.268 e. The molecule has 0 amide bonds. The number of nitrogens with zero attached hydrogens (tertiary/aromatic N) is 3. The van der Waals surface area contributed by atoms with E-state index in [9.17, 15) is 4.79 Å². The van der Waals surface area contributed by atoms with Crippen molar-refractivity contribution in [1.82, 2.24) is 14.5 Å². The summed E-state index contributed by atoms with van der Waals surface area (Å²) >= 11 is 6.33. The first-order valence-corrected chi connectivity index (χ1v) is 7.80. The Bertz CT molecular complexity index is 1040. The Morgan fingerprint density at radius 3 is 2.42 bits per heavy atom. The SMILES string of the molecule is O=C(c1ccncc1)n1c(-c2ccccc2Cl)nc2ccccc21. The molecule has 0 unspecified atom stereocenters. The number of pyridine rings is 1. The van der Waals surface area contributed by atoms with Crippen molar-refractivity contribution in [2.75, 3.05) is 0 Å². The topological polar surface area (TPSA) is 47.8 Å². The number of imidazole rings is 1. The Morgan fingerprint density at radius 1 is 0.917 bits per heavy atom. The number of benzene rings is 2. The number of fused-ring (bicyclic) bond motifs is 1. The van der Waals surface area contributed by atoms with Gasteiger partial charge in [-0.15, -0.1) is 0 Å². The Kier molecular flexibility index (Phi) is 3.59. The molecule has 0 aliphatic heterocycles. The van der Waals surface area contributed by atoms with Crippen LogP contribution in [0.25, 0.3) is 22.4 Å². The lowest BCUT2D eigenvalue weighted by molar-refractivity contribution is 0.0966. The van der Waals surface area contributed by atoms with Gasteiger partial charge in [0.2, 0.25) is 0 Å². The lowest BCUT2D eigenvalue weighted by Crippen LogP contribution is -2.13. The van der Waals surface area contributed by atoms with Crippen LogP contribution >= 0.6 is 11.6 Å². The zero-order chi connectivity index (χ0) is 16.5. The lowest BCUT2D eigenvalue weighted by Gasteiger charge is -2.09. The molecule has 0 atom stereocenters. The van der Waals surface area contributed by atoms with E-state index in [-0.39, 0.29) is 5.91 Å². The smallest absolute Gasteiger partial charge is 0.264 e. The van der Waals surface area contributed by atoms with E-state index in [1.165, 1.54) is 0 Å². The third-order valence-electron chi connectivity index (χ3n) is 3.81. The molecule has 116 valence electrons. The molecule has 4 nitrogen and oxygen atoms in total. The molecule has 24 heavy (non-hydrogen) atoms. The van der Waals surface area contributed by atoms with Gasteiger partial charge in [0.1, 0.15) is 5.82 Å². The molecule has 0 aliphatic carbocycles. The normalized spacial score (nSPS) is 10.9. The van der Waals surface area contributed by atoms with Crippen molar-refractivity contribution in [3.8, 4) is 11.4 Å². The van der Waals surface area contributed by atoms with Gasteiger partial charge in [0.05, 0.1) is 16.1 Å². The van der Waals surface area contributed by atoms with Gasteiger partial charge < -0.3 is 0 Å². The van der Waals surface area contributed by atoms with Gasteiger partial charge in [-0.25, -0.2) is 4.98 Å². The highest BCUT2D eigenvalue weighted by Gasteiger charge is 2.20. The molecule has 0 aliphatic rings. The van der Waals surface area contributed by atoms with Crippen molar-refractivity contribution in [2.45, 2.75) is 0 Å². The molecular weight excluding hydrogens is 322 g/mol. The first-order chi connectivity index (χ1) is 11.8. The van der Waals surface area contributed by atoms with Crippen molar-refractivity contribution in [2.24, 2.45) is 0 Å². The van der Waals surface area contributed by atoms with Crippen LogP contribution in [0.1, 0.15) is 10.4 Å². The molecule has 4 aromatic rings. The van der Waals surface area contributed by atoms with Crippen molar-refractivity contribution in [3.05, 3.63) is 83.6 Å². The van der Waals surface area contributed by atoms with E-state index in [2.05, 4.69) is 9.97 Å². The van der Waals surface area contributed by atoms with Crippen LogP contribution in [0.15, 0.2) is 73.1 Å². The van der Waals surface area contributed by atoms with Crippen molar-refractivity contribution >= 4 is 28.5 Å². The lowest BCUT2D eigenvalue weighted by atomic mass is 10.2. The summed E-state index contributed by atoms with van der Waals surface area (Å²) in [6, 6.07) is 18.3. The first-order valence-electron chi connectivity index (χ1n) is 7.43. The van der Waals surface area contributed by atoms with E-state index in [1.807, 2.05) is 42.5 Å². The summed E-state index contributed by atoms with van der Waals surface area (Å²) in [4.78, 5) is 21.7. The minimum atomic E-state index is -0.166. The average molecular weight is 334 g/mol. The second kappa shape index (κ2) is 5.91. The molecule has 0 N–H and O–H groups in total. The Balaban J connectivity index is 2.01. The molecule has 0 saturated carbocycles. The van der Waals surface area contributed by atoms with Crippen LogP contribution in [0.5, 0.6) is 0 Å². The van der Waals surface area contributed by atoms with Crippen LogP contribution < -0.4 is 0 Å². The quantitative estimate of drug-likeness (QED) is 0.545. The molecule has 0 radical (unpaired) electrons. The van der Waals surface area contributed by atoms with Crippen molar-refractivity contribution < 1.29 is 4.79 Å². The fourth-order valence-electron chi connectivity index (χ4n) is 2.68. The maximum absolute atomic E-state index is 13.1. The van der Waals surface area contributed by atoms with E-state index in [0.717, 1.165) is 16.6 Å². The number of carbonyl (C=O) groups is 1. The summed E-state index contributed by atoms with van der Waals surface area (Å²) in [6.07, 6.45) is 3.20. The fraction of sp³-hybridized carbons (Fsp3) is 0. The number of hydrogen-bond acceptors (Lipinski definition) is 3. The molecule has 0 bridgehead atoms. The number of halogens is 1. The molecule has 0 fully saturated rings. The predicted molar refractivity (Wildman–Crippen MR) is 94.1 cm³/mol. The third-order valence-corrected chi connectivity index (χ3v) is 4.14. The summed E-state index contributed by atoms with van der Waals surface area (Å²) in [5, 5.41) is 0.552. The fourth-order valence-corrected chi connectivity index (χ4v) is 2.90. The number of rotatable bonds is 2. The number of para-hydroxylation sites is 2. The molecule has 2 heterocycles. The predicted octanol–water partition coefficient (Wildman–Crippen LogP) is 4.44. The Morgan fingerprint density at radius 2 is 1.62 bits per heavy atom. The minimum absolute atomic E-state index is 0.166. The zero-order valence-corrected chi connectivity index (χ0v) is 13.3. The maximum atomic E-state index is 13.1. The van der Waals surface area contributed by atoms with Crippen LogP contribution in [-0.4, -0.2) is 20.4 Å². The van der Waals surface area contributed by atoms with Crippen LogP contribution in [-0.2, 0) is 0 Å². The summed E-state index contributed by atoms with van der Waals surface area (Å²) in [7, 11) is 0. The third kappa shape index (κ3) is 2.37. The molecule has 5 heteroatoms. The molecular formula is C19H12ClN3O. The molecule has 2 aromatic carbocycles.